The van der Waals surface area contributed by atoms with Crippen LogP contribution in [0.3, 0.4) is 0 Å². The first-order chi connectivity index (χ1) is 10.5. The summed E-state index contributed by atoms with van der Waals surface area (Å²) in [7, 11) is -3.64. The van der Waals surface area contributed by atoms with Crippen LogP contribution >= 0.6 is 11.3 Å². The first-order valence-electron chi connectivity index (χ1n) is 7.08. The molecule has 0 saturated carbocycles. The largest absolute Gasteiger partial charge is 0.456 e. The first-order valence-corrected chi connectivity index (χ1v) is 9.67. The Morgan fingerprint density at radius 1 is 1.48 bits per heavy atom. The molecule has 1 aliphatic rings. The van der Waals surface area contributed by atoms with E-state index in [0.717, 1.165) is 0 Å². The van der Waals surface area contributed by atoms with Crippen molar-refractivity contribution in [1.82, 2.24) is 0 Å². The number of rotatable bonds is 4. The maximum absolute atomic E-state index is 12.2. The summed E-state index contributed by atoms with van der Waals surface area (Å²) in [6.45, 7) is 5.52. The summed E-state index contributed by atoms with van der Waals surface area (Å²) < 4.78 is 27.7. The Hall–Kier alpha value is -1.45. The van der Waals surface area contributed by atoms with Crippen LogP contribution in [0.15, 0.2) is 11.4 Å². The zero-order valence-electron chi connectivity index (χ0n) is 13.2. The molecule has 1 aliphatic heterocycles. The number of carbonyl (C=O) groups is 2. The lowest BCUT2D eigenvalue weighted by Crippen LogP contribution is -2.29. The predicted octanol–water partition coefficient (Wildman–Crippen LogP) is 1.34. The third kappa shape index (κ3) is 4.76. The van der Waals surface area contributed by atoms with Crippen molar-refractivity contribution >= 4 is 38.2 Å². The molecule has 23 heavy (non-hydrogen) atoms. The minimum absolute atomic E-state index is 0.0993. The van der Waals surface area contributed by atoms with Crippen LogP contribution in [-0.2, 0) is 19.6 Å². The van der Waals surface area contributed by atoms with E-state index < -0.39 is 21.6 Å². The molecule has 7 nitrogen and oxygen atoms in total. The number of hydrogen-bond donors (Lipinski definition) is 1. The summed E-state index contributed by atoms with van der Waals surface area (Å²) in [4.78, 5) is 25.9. The maximum atomic E-state index is 12.2. The van der Waals surface area contributed by atoms with Gasteiger partial charge in [0.05, 0.1) is 11.3 Å². The minimum atomic E-state index is -3.64. The molecule has 2 N–H and O–H groups in total. The fourth-order valence-electron chi connectivity index (χ4n) is 2.42. The zero-order valence-corrected chi connectivity index (χ0v) is 14.9. The average Bonchev–Trinajstić information content (AvgIpc) is 2.90. The molecule has 9 heteroatoms. The number of carbonyl (C=O) groups excluding carboxylic acids is 2. The van der Waals surface area contributed by atoms with E-state index in [1.807, 2.05) is 0 Å². The lowest BCUT2D eigenvalue weighted by atomic mass is 10.1. The number of esters is 1. The quantitative estimate of drug-likeness (QED) is 0.816. The first kappa shape index (κ1) is 17.9. The number of ether oxygens (including phenoxy) is 1. The SMILES string of the molecule is CC(C)(C)OC(=O)c1ccsc1N1CC(CS(N)(=O)=O)CC1=O. The number of hydrogen-bond acceptors (Lipinski definition) is 6. The van der Waals surface area contributed by atoms with Crippen molar-refractivity contribution in [3.05, 3.63) is 17.0 Å². The number of nitrogens with zero attached hydrogens (tertiary/aromatic N) is 1. The molecule has 1 aromatic rings. The van der Waals surface area contributed by atoms with E-state index in [2.05, 4.69) is 0 Å². The van der Waals surface area contributed by atoms with Crippen molar-refractivity contribution in [2.75, 3.05) is 17.2 Å². The highest BCUT2D eigenvalue weighted by Gasteiger charge is 2.35. The van der Waals surface area contributed by atoms with Gasteiger partial charge in [-0.3, -0.25) is 4.79 Å². The molecular weight excluding hydrogens is 340 g/mol. The summed E-state index contributed by atoms with van der Waals surface area (Å²) >= 11 is 1.25. The van der Waals surface area contributed by atoms with Gasteiger partial charge in [0.15, 0.2) is 0 Å². The normalized spacial score (nSPS) is 19.2. The summed E-state index contributed by atoms with van der Waals surface area (Å²) in [6, 6.07) is 1.61. The van der Waals surface area contributed by atoms with Gasteiger partial charge in [-0.1, -0.05) is 0 Å². The molecular formula is C14H20N2O5S2. The van der Waals surface area contributed by atoms with E-state index in [-0.39, 0.29) is 30.5 Å². The molecule has 0 aromatic carbocycles. The Balaban J connectivity index is 2.19. The number of primary sulfonamides is 1. The van der Waals surface area contributed by atoms with Crippen LogP contribution in [0.4, 0.5) is 5.00 Å². The van der Waals surface area contributed by atoms with Gasteiger partial charge in [0.25, 0.3) is 0 Å². The molecule has 0 aliphatic carbocycles. The monoisotopic (exact) mass is 360 g/mol. The summed E-state index contributed by atoms with van der Waals surface area (Å²) in [6.07, 6.45) is 0.0993. The van der Waals surface area contributed by atoms with Crippen molar-refractivity contribution in [2.45, 2.75) is 32.8 Å². The standard InChI is InChI=1S/C14H20N2O5S2/c1-14(2,3)21-13(18)10-4-5-22-12(10)16-7-9(6-11(16)17)8-23(15,19)20/h4-5,9H,6-8H2,1-3H3,(H2,15,19,20). The molecule has 0 radical (unpaired) electrons. The van der Waals surface area contributed by atoms with E-state index in [9.17, 15) is 18.0 Å². The fourth-order valence-corrected chi connectivity index (χ4v) is 4.21. The number of amides is 1. The molecule has 1 amide bonds. The van der Waals surface area contributed by atoms with Crippen LogP contribution in [-0.4, -0.2) is 38.2 Å². The molecule has 1 fully saturated rings. The minimum Gasteiger partial charge on any atom is -0.456 e. The number of anilines is 1. The van der Waals surface area contributed by atoms with E-state index in [1.165, 1.54) is 16.2 Å². The molecule has 2 rings (SSSR count). The number of thiophene rings is 1. The Morgan fingerprint density at radius 3 is 2.70 bits per heavy atom. The molecule has 1 unspecified atom stereocenters. The Bertz CT molecular complexity index is 718. The van der Waals surface area contributed by atoms with Gasteiger partial charge < -0.3 is 9.64 Å². The molecule has 0 bridgehead atoms. The Kier molecular flexibility index (Phi) is 4.84. The second kappa shape index (κ2) is 6.21. The molecule has 2 heterocycles. The highest BCUT2D eigenvalue weighted by molar-refractivity contribution is 7.89. The van der Waals surface area contributed by atoms with E-state index >= 15 is 0 Å². The Labute approximate surface area is 139 Å². The van der Waals surface area contributed by atoms with Crippen molar-refractivity contribution in [3.8, 4) is 0 Å². The molecule has 1 aromatic heterocycles. The zero-order chi connectivity index (χ0) is 17.4. The van der Waals surface area contributed by atoms with Crippen LogP contribution in [0.25, 0.3) is 0 Å². The highest BCUT2D eigenvalue weighted by Crippen LogP contribution is 2.34. The van der Waals surface area contributed by atoms with E-state index in [1.54, 1.807) is 32.2 Å². The van der Waals surface area contributed by atoms with Gasteiger partial charge >= 0.3 is 5.97 Å². The molecule has 1 saturated heterocycles. The van der Waals surface area contributed by atoms with Gasteiger partial charge in [0.2, 0.25) is 15.9 Å². The van der Waals surface area contributed by atoms with Gasteiger partial charge in [0, 0.05) is 18.9 Å². The third-order valence-corrected chi connectivity index (χ3v) is 5.05. The van der Waals surface area contributed by atoms with E-state index in [4.69, 9.17) is 9.88 Å². The summed E-state index contributed by atoms with van der Waals surface area (Å²) in [5, 5.41) is 7.23. The van der Waals surface area contributed by atoms with Gasteiger partial charge in [-0.05, 0) is 32.2 Å². The molecule has 128 valence electrons. The maximum Gasteiger partial charge on any atom is 0.341 e. The lowest BCUT2D eigenvalue weighted by molar-refractivity contribution is -0.117. The predicted molar refractivity (Wildman–Crippen MR) is 87.9 cm³/mol. The Morgan fingerprint density at radius 2 is 2.13 bits per heavy atom. The van der Waals surface area contributed by atoms with Crippen molar-refractivity contribution < 1.29 is 22.7 Å². The van der Waals surface area contributed by atoms with Crippen LogP contribution < -0.4 is 10.0 Å². The van der Waals surface area contributed by atoms with E-state index in [0.29, 0.717) is 10.6 Å². The van der Waals surface area contributed by atoms with Gasteiger partial charge in [0.1, 0.15) is 10.6 Å². The van der Waals surface area contributed by atoms with Gasteiger partial charge in [-0.25, -0.2) is 18.4 Å². The topological polar surface area (TPSA) is 107 Å². The second-order valence-electron chi connectivity index (χ2n) is 6.55. The van der Waals surface area contributed by atoms with Crippen molar-refractivity contribution in [1.29, 1.82) is 0 Å². The average molecular weight is 360 g/mol. The lowest BCUT2D eigenvalue weighted by Gasteiger charge is -2.21. The van der Waals surface area contributed by atoms with Gasteiger partial charge in [-0.15, -0.1) is 11.3 Å². The summed E-state index contributed by atoms with van der Waals surface area (Å²) in [5.41, 5.74) is -0.323. The van der Waals surface area contributed by atoms with Crippen molar-refractivity contribution in [3.63, 3.8) is 0 Å². The van der Waals surface area contributed by atoms with Crippen molar-refractivity contribution in [2.24, 2.45) is 11.1 Å². The highest BCUT2D eigenvalue weighted by atomic mass is 32.2. The number of sulfonamides is 1. The van der Waals surface area contributed by atoms with Gasteiger partial charge in [-0.2, -0.15) is 0 Å². The smallest absolute Gasteiger partial charge is 0.341 e. The third-order valence-electron chi connectivity index (χ3n) is 3.18. The fraction of sp³-hybridized carbons (Fsp3) is 0.571. The van der Waals surface area contributed by atoms with Crippen LogP contribution in [0.5, 0.6) is 0 Å². The van der Waals surface area contributed by atoms with Crippen LogP contribution in [0.1, 0.15) is 37.6 Å². The molecule has 1 atom stereocenters. The second-order valence-corrected chi connectivity index (χ2v) is 9.10. The van der Waals surface area contributed by atoms with Crippen LogP contribution in [0, 0.1) is 5.92 Å². The number of nitrogens with two attached hydrogens (primary N) is 1. The van der Waals surface area contributed by atoms with Crippen LogP contribution in [0.2, 0.25) is 0 Å². The molecule has 0 spiro atoms. The summed E-state index contributed by atoms with van der Waals surface area (Å²) in [5.74, 6) is -1.34.